The quantitative estimate of drug-likeness (QED) is 0.624. The molecule has 2 aromatic carbocycles. The van der Waals surface area contributed by atoms with Gasteiger partial charge in [-0.25, -0.2) is 0 Å². The number of thioether (sulfide) groups is 2. The molecule has 2 aliphatic rings. The smallest absolute Gasteiger partial charge is 0.251 e. The topological polar surface area (TPSA) is 35.6 Å². The van der Waals surface area contributed by atoms with Crippen LogP contribution >= 0.6 is 23.5 Å². The van der Waals surface area contributed by atoms with Crippen LogP contribution < -0.4 is 5.32 Å². The van der Waals surface area contributed by atoms with E-state index in [0.29, 0.717) is 4.58 Å². The number of nitrogens with one attached hydrogen (secondary N) is 1. The summed E-state index contributed by atoms with van der Waals surface area (Å²) in [5.41, 5.74) is 3.48. The number of amides is 1. The molecule has 2 aromatic rings. The number of hydrogen-bond donors (Lipinski definition) is 1. The van der Waals surface area contributed by atoms with Crippen molar-refractivity contribution in [2.75, 3.05) is 50.8 Å². The predicted octanol–water partition coefficient (Wildman–Crippen LogP) is 4.10. The molecule has 2 heterocycles. The molecule has 0 atom stereocenters. The molecule has 0 aliphatic carbocycles. The van der Waals surface area contributed by atoms with Crippen LogP contribution in [0, 0.1) is 0 Å². The molecule has 0 bridgehead atoms. The third-order valence-electron chi connectivity index (χ3n) is 5.72. The zero-order valence-corrected chi connectivity index (χ0v) is 19.1. The lowest BCUT2D eigenvalue weighted by Crippen LogP contribution is -2.46. The van der Waals surface area contributed by atoms with Gasteiger partial charge in [-0.2, -0.15) is 0 Å². The van der Waals surface area contributed by atoms with Crippen molar-refractivity contribution in [2.45, 2.75) is 17.5 Å². The molecule has 2 fully saturated rings. The van der Waals surface area contributed by atoms with E-state index in [1.165, 1.54) is 22.6 Å². The summed E-state index contributed by atoms with van der Waals surface area (Å²) < 4.78 is 0.537. The number of carbonyl (C=O) groups is 1. The highest BCUT2D eigenvalue weighted by Gasteiger charge is 2.19. The Morgan fingerprint density at radius 3 is 2.27 bits per heavy atom. The lowest BCUT2D eigenvalue weighted by molar-refractivity contribution is 0.0947. The van der Waals surface area contributed by atoms with Crippen LogP contribution in [0.5, 0.6) is 0 Å². The molecule has 30 heavy (non-hydrogen) atoms. The molecule has 4 rings (SSSR count). The summed E-state index contributed by atoms with van der Waals surface area (Å²) in [5.74, 6) is 2.49. The lowest BCUT2D eigenvalue weighted by atomic mass is 10.1. The summed E-state index contributed by atoms with van der Waals surface area (Å²) in [6, 6.07) is 18.9. The molecule has 0 unspecified atom stereocenters. The number of carbonyl (C=O) groups excluding carboxylic acids is 1. The molecule has 2 aliphatic heterocycles. The number of benzene rings is 2. The first-order valence-corrected chi connectivity index (χ1v) is 13.0. The van der Waals surface area contributed by atoms with Crippen LogP contribution in [0.15, 0.2) is 54.6 Å². The lowest BCUT2D eigenvalue weighted by Gasteiger charge is -2.34. The number of nitrogens with zero attached hydrogens (tertiary/aromatic N) is 2. The van der Waals surface area contributed by atoms with Crippen LogP contribution in [-0.4, -0.2) is 66.5 Å². The maximum Gasteiger partial charge on any atom is 0.251 e. The fourth-order valence-corrected chi connectivity index (χ4v) is 6.82. The van der Waals surface area contributed by atoms with Crippen LogP contribution in [0.3, 0.4) is 0 Å². The number of hydrogen-bond acceptors (Lipinski definition) is 5. The molecule has 0 spiro atoms. The molecule has 2 saturated heterocycles. The Hall–Kier alpha value is -1.47. The predicted molar refractivity (Wildman–Crippen MR) is 129 cm³/mol. The molecule has 4 nitrogen and oxygen atoms in total. The maximum atomic E-state index is 12.4. The van der Waals surface area contributed by atoms with Gasteiger partial charge in [0.2, 0.25) is 0 Å². The SMILES string of the molecule is O=C(NCCCN1CCN(Cc2ccccc2)CC1)c1ccc(C2SCCS2)cc1. The third-order valence-corrected chi connectivity index (χ3v) is 8.82. The van der Waals surface area contributed by atoms with Gasteiger partial charge in [-0.3, -0.25) is 9.69 Å². The van der Waals surface area contributed by atoms with Crippen LogP contribution in [0.1, 0.15) is 32.5 Å². The summed E-state index contributed by atoms with van der Waals surface area (Å²) in [6.45, 7) is 7.28. The van der Waals surface area contributed by atoms with Crippen molar-refractivity contribution in [1.82, 2.24) is 15.1 Å². The van der Waals surface area contributed by atoms with E-state index in [-0.39, 0.29) is 5.91 Å². The first-order valence-electron chi connectivity index (χ1n) is 10.9. The largest absolute Gasteiger partial charge is 0.352 e. The van der Waals surface area contributed by atoms with Crippen LogP contribution in [0.4, 0.5) is 0 Å². The standard InChI is InChI=1S/C24H31N3OS2/c28-23(21-7-9-22(10-8-21)24-29-17-18-30-24)25-11-4-12-26-13-15-27(16-14-26)19-20-5-2-1-3-6-20/h1-3,5-10,24H,4,11-19H2,(H,25,28). The van der Waals surface area contributed by atoms with Crippen LogP contribution in [0.2, 0.25) is 0 Å². The Bertz CT molecular complexity index is 786. The summed E-state index contributed by atoms with van der Waals surface area (Å²) in [6.07, 6.45) is 0.998. The Kier molecular flexibility index (Phi) is 8.15. The van der Waals surface area contributed by atoms with Crippen molar-refractivity contribution in [2.24, 2.45) is 0 Å². The second kappa shape index (κ2) is 11.2. The molecule has 6 heteroatoms. The summed E-state index contributed by atoms with van der Waals surface area (Å²) in [7, 11) is 0. The second-order valence-corrected chi connectivity index (χ2v) is 10.6. The van der Waals surface area contributed by atoms with E-state index in [4.69, 9.17) is 0 Å². The summed E-state index contributed by atoms with van der Waals surface area (Å²) >= 11 is 3.99. The highest BCUT2D eigenvalue weighted by molar-refractivity contribution is 8.19. The van der Waals surface area contributed by atoms with Crippen molar-refractivity contribution in [3.63, 3.8) is 0 Å². The highest BCUT2D eigenvalue weighted by Crippen LogP contribution is 2.45. The minimum Gasteiger partial charge on any atom is -0.352 e. The maximum absolute atomic E-state index is 12.4. The van der Waals surface area contributed by atoms with Gasteiger partial charge in [0.05, 0.1) is 4.58 Å². The van der Waals surface area contributed by atoms with Gasteiger partial charge in [0.1, 0.15) is 0 Å². The van der Waals surface area contributed by atoms with E-state index >= 15 is 0 Å². The highest BCUT2D eigenvalue weighted by atomic mass is 32.2. The summed E-state index contributed by atoms with van der Waals surface area (Å²) in [5, 5.41) is 3.08. The molecule has 0 radical (unpaired) electrons. The van der Waals surface area contributed by atoms with Crippen LogP contribution in [0.25, 0.3) is 0 Å². The van der Waals surface area contributed by atoms with Crippen LogP contribution in [-0.2, 0) is 6.54 Å². The van der Waals surface area contributed by atoms with E-state index in [2.05, 4.69) is 57.6 Å². The minimum absolute atomic E-state index is 0.0426. The zero-order chi connectivity index (χ0) is 20.6. The van der Waals surface area contributed by atoms with Gasteiger partial charge in [0.15, 0.2) is 0 Å². The molecule has 0 saturated carbocycles. The fourth-order valence-electron chi connectivity index (χ4n) is 3.96. The van der Waals surface area contributed by atoms with Crippen molar-refractivity contribution >= 4 is 29.4 Å². The Labute approximate surface area is 188 Å². The Morgan fingerprint density at radius 2 is 1.57 bits per heavy atom. The number of rotatable bonds is 8. The van der Waals surface area contributed by atoms with Crippen molar-refractivity contribution < 1.29 is 4.79 Å². The van der Waals surface area contributed by atoms with Gasteiger partial charge in [-0.1, -0.05) is 42.5 Å². The second-order valence-electron chi connectivity index (χ2n) is 7.91. The molecule has 160 valence electrons. The van der Waals surface area contributed by atoms with Crippen molar-refractivity contribution in [3.8, 4) is 0 Å². The number of piperazine rings is 1. The molecular weight excluding hydrogens is 410 g/mol. The van der Waals surface area contributed by atoms with Crippen molar-refractivity contribution in [3.05, 3.63) is 71.3 Å². The van der Waals surface area contributed by atoms with E-state index in [0.717, 1.165) is 57.8 Å². The minimum atomic E-state index is 0.0426. The monoisotopic (exact) mass is 441 g/mol. The Morgan fingerprint density at radius 1 is 0.900 bits per heavy atom. The van der Waals surface area contributed by atoms with Gasteiger partial charge in [0, 0.05) is 56.3 Å². The van der Waals surface area contributed by atoms with E-state index in [1.807, 2.05) is 35.7 Å². The van der Waals surface area contributed by atoms with Gasteiger partial charge in [0.25, 0.3) is 5.91 Å². The molecule has 0 aromatic heterocycles. The first kappa shape index (κ1) is 21.8. The van der Waals surface area contributed by atoms with E-state index in [1.54, 1.807) is 0 Å². The van der Waals surface area contributed by atoms with Gasteiger partial charge in [-0.05, 0) is 36.2 Å². The van der Waals surface area contributed by atoms with Gasteiger partial charge < -0.3 is 10.2 Å². The normalized spacial score (nSPS) is 18.5. The van der Waals surface area contributed by atoms with Gasteiger partial charge >= 0.3 is 0 Å². The first-order chi connectivity index (χ1) is 14.8. The summed E-state index contributed by atoms with van der Waals surface area (Å²) in [4.78, 5) is 17.4. The van der Waals surface area contributed by atoms with E-state index in [9.17, 15) is 4.79 Å². The average molecular weight is 442 g/mol. The molecule has 1 amide bonds. The molecular formula is C24H31N3OS2. The average Bonchev–Trinajstić information content (AvgIpc) is 3.33. The fraction of sp³-hybridized carbons (Fsp3) is 0.458. The van der Waals surface area contributed by atoms with Crippen molar-refractivity contribution in [1.29, 1.82) is 0 Å². The third kappa shape index (κ3) is 6.27. The zero-order valence-electron chi connectivity index (χ0n) is 17.5. The Balaban J connectivity index is 1.11. The molecule has 1 N–H and O–H groups in total. The van der Waals surface area contributed by atoms with Gasteiger partial charge in [-0.15, -0.1) is 23.5 Å². The van der Waals surface area contributed by atoms with E-state index < -0.39 is 0 Å².